The van der Waals surface area contributed by atoms with Crippen molar-refractivity contribution in [3.8, 4) is 5.75 Å². The fourth-order valence-corrected chi connectivity index (χ4v) is 2.68. The molecule has 0 aliphatic rings. The molecule has 0 unspecified atom stereocenters. The van der Waals surface area contributed by atoms with Gasteiger partial charge >= 0.3 is 0 Å². The maximum Gasteiger partial charge on any atom is 0.268 e. The third kappa shape index (κ3) is 2.79. The van der Waals surface area contributed by atoms with E-state index in [9.17, 15) is 8.42 Å². The summed E-state index contributed by atoms with van der Waals surface area (Å²) in [5.74, 6) is 0.222. The zero-order chi connectivity index (χ0) is 14.0. The third-order valence-electron chi connectivity index (χ3n) is 2.34. The van der Waals surface area contributed by atoms with Crippen molar-refractivity contribution in [2.75, 3.05) is 17.6 Å². The average molecular weight is 283 g/mol. The van der Waals surface area contributed by atoms with Crippen molar-refractivity contribution in [2.24, 2.45) is 0 Å². The fourth-order valence-electron chi connectivity index (χ4n) is 1.50. The van der Waals surface area contributed by atoms with Gasteiger partial charge in [-0.25, -0.2) is 13.1 Å². The van der Waals surface area contributed by atoms with Crippen LogP contribution in [0.3, 0.4) is 0 Å². The Morgan fingerprint density at radius 3 is 2.68 bits per heavy atom. The monoisotopic (exact) mass is 283 g/mol. The van der Waals surface area contributed by atoms with Crippen LogP contribution in [0.5, 0.6) is 5.75 Å². The van der Waals surface area contributed by atoms with E-state index in [1.165, 1.54) is 25.3 Å². The molecule has 2 rings (SSSR count). The number of ether oxygens (including phenoxy) is 1. The second-order valence-electron chi connectivity index (χ2n) is 3.85. The van der Waals surface area contributed by atoms with E-state index in [2.05, 4.69) is 9.88 Å². The van der Waals surface area contributed by atoms with Crippen LogP contribution in [-0.2, 0) is 10.0 Å². The van der Waals surface area contributed by atoms with Crippen LogP contribution in [0.25, 0.3) is 0 Å². The van der Waals surface area contributed by atoms with Gasteiger partial charge in [-0.1, -0.05) is 5.16 Å². The molecule has 8 heteroatoms. The van der Waals surface area contributed by atoms with Gasteiger partial charge in [0.05, 0.1) is 12.8 Å². The molecule has 1 aromatic carbocycles. The minimum atomic E-state index is -3.85. The van der Waals surface area contributed by atoms with E-state index in [-0.39, 0.29) is 16.5 Å². The zero-order valence-electron chi connectivity index (χ0n) is 10.4. The van der Waals surface area contributed by atoms with Crippen molar-refractivity contribution in [2.45, 2.75) is 11.8 Å². The standard InChI is InChI=1S/C11H13N3O4S/c1-7-5-11(18-13-7)14-19(15,16)10-6-8(12)3-4-9(10)17-2/h3-6,14H,12H2,1-2H3. The lowest BCUT2D eigenvalue weighted by molar-refractivity contribution is 0.402. The molecule has 1 heterocycles. The molecular weight excluding hydrogens is 270 g/mol. The Balaban J connectivity index is 2.41. The smallest absolute Gasteiger partial charge is 0.268 e. The molecule has 0 saturated heterocycles. The van der Waals surface area contributed by atoms with Crippen LogP contribution in [-0.4, -0.2) is 20.7 Å². The molecule has 0 aliphatic heterocycles. The largest absolute Gasteiger partial charge is 0.495 e. The van der Waals surface area contributed by atoms with Crippen LogP contribution in [0.1, 0.15) is 5.69 Å². The number of methoxy groups -OCH3 is 1. The second kappa shape index (κ2) is 4.81. The van der Waals surface area contributed by atoms with Crippen LogP contribution in [0.2, 0.25) is 0 Å². The molecule has 0 spiro atoms. The summed E-state index contributed by atoms with van der Waals surface area (Å²) in [6, 6.07) is 5.81. The number of anilines is 2. The highest BCUT2D eigenvalue weighted by atomic mass is 32.2. The molecule has 0 atom stereocenters. The lowest BCUT2D eigenvalue weighted by Gasteiger charge is -2.10. The first-order valence-electron chi connectivity index (χ1n) is 5.32. The van der Waals surface area contributed by atoms with E-state index in [1.807, 2.05) is 0 Å². The lowest BCUT2D eigenvalue weighted by Crippen LogP contribution is -2.14. The molecule has 2 aromatic rings. The summed E-state index contributed by atoms with van der Waals surface area (Å²) in [6.45, 7) is 1.68. The molecule has 0 radical (unpaired) electrons. The predicted molar refractivity (Wildman–Crippen MR) is 69.5 cm³/mol. The number of hydrogen-bond acceptors (Lipinski definition) is 6. The molecule has 102 valence electrons. The summed E-state index contributed by atoms with van der Waals surface area (Å²) in [5.41, 5.74) is 6.47. The Hall–Kier alpha value is -2.22. The number of nitrogens with zero attached hydrogens (tertiary/aromatic N) is 1. The number of nitrogens with one attached hydrogen (secondary N) is 1. The number of sulfonamides is 1. The van der Waals surface area contributed by atoms with Crippen LogP contribution in [0, 0.1) is 6.92 Å². The Morgan fingerprint density at radius 1 is 1.37 bits per heavy atom. The van der Waals surface area contributed by atoms with Gasteiger partial charge in [0.2, 0.25) is 5.88 Å². The molecule has 3 N–H and O–H groups in total. The molecule has 0 aliphatic carbocycles. The van der Waals surface area contributed by atoms with E-state index in [1.54, 1.807) is 13.0 Å². The van der Waals surface area contributed by atoms with E-state index in [0.29, 0.717) is 11.4 Å². The molecule has 0 amide bonds. The average Bonchev–Trinajstić information content (AvgIpc) is 2.74. The summed E-state index contributed by atoms with van der Waals surface area (Å²) in [7, 11) is -2.48. The number of aromatic nitrogens is 1. The van der Waals surface area contributed by atoms with E-state index >= 15 is 0 Å². The normalized spacial score (nSPS) is 11.3. The Morgan fingerprint density at radius 2 is 2.11 bits per heavy atom. The molecule has 1 aromatic heterocycles. The van der Waals surface area contributed by atoms with Crippen molar-refractivity contribution in [1.29, 1.82) is 0 Å². The SMILES string of the molecule is COc1ccc(N)cc1S(=O)(=O)Nc1cc(C)no1. The van der Waals surface area contributed by atoms with Gasteiger partial charge < -0.3 is 15.0 Å². The minimum absolute atomic E-state index is 0.0296. The highest BCUT2D eigenvalue weighted by molar-refractivity contribution is 7.92. The molecule has 0 saturated carbocycles. The van der Waals surface area contributed by atoms with Crippen molar-refractivity contribution in [3.05, 3.63) is 30.0 Å². The summed E-state index contributed by atoms with van der Waals surface area (Å²) in [4.78, 5) is -0.0657. The van der Waals surface area contributed by atoms with Crippen LogP contribution in [0.4, 0.5) is 11.6 Å². The van der Waals surface area contributed by atoms with Gasteiger partial charge in [-0.15, -0.1) is 0 Å². The van der Waals surface area contributed by atoms with Crippen molar-refractivity contribution in [3.63, 3.8) is 0 Å². The Kier molecular flexibility index (Phi) is 3.34. The quantitative estimate of drug-likeness (QED) is 0.821. The van der Waals surface area contributed by atoms with E-state index < -0.39 is 10.0 Å². The predicted octanol–water partition coefficient (Wildman–Crippen LogP) is 1.37. The number of aryl methyl sites for hydroxylation is 1. The number of hydrogen-bond donors (Lipinski definition) is 2. The number of nitrogen functional groups attached to an aromatic ring is 1. The second-order valence-corrected chi connectivity index (χ2v) is 5.50. The van der Waals surface area contributed by atoms with Gasteiger partial charge in [0.15, 0.2) is 0 Å². The van der Waals surface area contributed by atoms with Crippen LogP contribution >= 0.6 is 0 Å². The van der Waals surface area contributed by atoms with Gasteiger partial charge in [-0.05, 0) is 25.1 Å². The van der Waals surface area contributed by atoms with E-state index in [4.69, 9.17) is 15.0 Å². The summed E-state index contributed by atoms with van der Waals surface area (Å²) < 4.78 is 36.5. The molecule has 0 fully saturated rings. The molecule has 0 bridgehead atoms. The van der Waals surface area contributed by atoms with Crippen LogP contribution < -0.4 is 15.2 Å². The fraction of sp³-hybridized carbons (Fsp3) is 0.182. The minimum Gasteiger partial charge on any atom is -0.495 e. The topological polar surface area (TPSA) is 107 Å². The maximum atomic E-state index is 12.2. The maximum absolute atomic E-state index is 12.2. The van der Waals surface area contributed by atoms with Crippen molar-refractivity contribution in [1.82, 2.24) is 5.16 Å². The molecule has 7 nitrogen and oxygen atoms in total. The number of nitrogens with two attached hydrogens (primary N) is 1. The summed E-state index contributed by atoms with van der Waals surface area (Å²) in [6.07, 6.45) is 0. The highest BCUT2D eigenvalue weighted by Crippen LogP contribution is 2.27. The highest BCUT2D eigenvalue weighted by Gasteiger charge is 2.21. The van der Waals surface area contributed by atoms with Gasteiger partial charge in [0, 0.05) is 11.8 Å². The molecule has 19 heavy (non-hydrogen) atoms. The van der Waals surface area contributed by atoms with Crippen molar-refractivity contribution >= 4 is 21.6 Å². The van der Waals surface area contributed by atoms with Gasteiger partial charge in [0.25, 0.3) is 10.0 Å². The Labute approximate surface area is 110 Å². The van der Waals surface area contributed by atoms with Gasteiger partial charge in [-0.3, -0.25) is 0 Å². The number of rotatable bonds is 4. The van der Waals surface area contributed by atoms with Crippen LogP contribution in [0.15, 0.2) is 33.7 Å². The van der Waals surface area contributed by atoms with Gasteiger partial charge in [-0.2, -0.15) is 0 Å². The lowest BCUT2D eigenvalue weighted by atomic mass is 10.3. The van der Waals surface area contributed by atoms with Crippen molar-refractivity contribution < 1.29 is 17.7 Å². The first-order valence-corrected chi connectivity index (χ1v) is 6.80. The number of benzene rings is 1. The van der Waals surface area contributed by atoms with Gasteiger partial charge in [0.1, 0.15) is 10.6 Å². The summed E-state index contributed by atoms with van der Waals surface area (Å²) in [5, 5.41) is 3.60. The zero-order valence-corrected chi connectivity index (χ0v) is 11.2. The first-order chi connectivity index (χ1) is 8.92. The first kappa shape index (κ1) is 13.2. The molecular formula is C11H13N3O4S. The third-order valence-corrected chi connectivity index (χ3v) is 3.71. The Bertz CT molecular complexity index is 694. The van der Waals surface area contributed by atoms with E-state index in [0.717, 1.165) is 0 Å². The summed E-state index contributed by atoms with van der Waals surface area (Å²) >= 11 is 0.